The molecule has 0 unspecified atom stereocenters. The number of carbonyl (C=O) groups is 1. The normalized spacial score (nSPS) is 16.3. The van der Waals surface area contributed by atoms with Crippen molar-refractivity contribution in [2.75, 3.05) is 19.5 Å². The Morgan fingerprint density at radius 2 is 1.90 bits per heavy atom. The third kappa shape index (κ3) is 3.62. The molecule has 0 spiro atoms. The highest BCUT2D eigenvalue weighted by molar-refractivity contribution is 5.92. The summed E-state index contributed by atoms with van der Waals surface area (Å²) in [4.78, 5) is 15.9. The summed E-state index contributed by atoms with van der Waals surface area (Å²) in [6.45, 7) is 0. The maximum Gasteiger partial charge on any atom is 0.343 e. The average molecular weight is 278 g/mol. The Labute approximate surface area is 119 Å². The molecule has 0 radical (unpaired) electrons. The summed E-state index contributed by atoms with van der Waals surface area (Å²) in [5.41, 5.74) is 0.349. The van der Waals surface area contributed by atoms with E-state index in [0.29, 0.717) is 17.5 Å². The van der Waals surface area contributed by atoms with Crippen LogP contribution in [-0.2, 0) is 4.74 Å². The molecule has 0 aromatic carbocycles. The van der Waals surface area contributed by atoms with Gasteiger partial charge >= 0.3 is 5.97 Å². The van der Waals surface area contributed by atoms with Crippen molar-refractivity contribution in [3.8, 4) is 5.88 Å². The van der Waals surface area contributed by atoms with Crippen molar-refractivity contribution in [1.29, 1.82) is 0 Å². The first-order valence-corrected chi connectivity index (χ1v) is 7.14. The number of pyridine rings is 1. The summed E-state index contributed by atoms with van der Waals surface area (Å²) in [6.07, 6.45) is 7.49. The SMILES string of the molecule is COC(=O)c1ccc(NC2CCCCCC2)nc1OC. The van der Waals surface area contributed by atoms with E-state index >= 15 is 0 Å². The van der Waals surface area contributed by atoms with Crippen molar-refractivity contribution in [2.45, 2.75) is 44.6 Å². The fraction of sp³-hybridized carbons (Fsp3) is 0.600. The number of rotatable bonds is 4. The molecule has 1 aliphatic rings. The zero-order valence-electron chi connectivity index (χ0n) is 12.1. The van der Waals surface area contributed by atoms with Crippen LogP contribution in [0.2, 0.25) is 0 Å². The van der Waals surface area contributed by atoms with Crippen LogP contribution in [-0.4, -0.2) is 31.2 Å². The highest BCUT2D eigenvalue weighted by Gasteiger charge is 2.17. The van der Waals surface area contributed by atoms with Gasteiger partial charge in [0, 0.05) is 6.04 Å². The van der Waals surface area contributed by atoms with Gasteiger partial charge in [-0.15, -0.1) is 0 Å². The molecule has 1 heterocycles. The van der Waals surface area contributed by atoms with Gasteiger partial charge in [-0.25, -0.2) is 4.79 Å². The molecule has 1 aromatic rings. The molecule has 0 bridgehead atoms. The lowest BCUT2D eigenvalue weighted by atomic mass is 10.1. The standard InChI is InChI=1S/C15H22N2O3/c1-19-14-12(15(18)20-2)9-10-13(17-14)16-11-7-5-3-4-6-8-11/h9-11H,3-8H2,1-2H3,(H,16,17). The molecule has 20 heavy (non-hydrogen) atoms. The van der Waals surface area contributed by atoms with Gasteiger partial charge in [-0.1, -0.05) is 25.7 Å². The van der Waals surface area contributed by atoms with Crippen LogP contribution in [0.4, 0.5) is 5.82 Å². The molecule has 110 valence electrons. The number of carbonyl (C=O) groups excluding carboxylic acids is 1. The summed E-state index contributed by atoms with van der Waals surface area (Å²) in [5, 5.41) is 3.44. The summed E-state index contributed by atoms with van der Waals surface area (Å²) in [7, 11) is 2.85. The number of hydrogen-bond donors (Lipinski definition) is 1. The highest BCUT2D eigenvalue weighted by Crippen LogP contribution is 2.23. The van der Waals surface area contributed by atoms with Gasteiger partial charge in [-0.05, 0) is 25.0 Å². The molecule has 2 rings (SSSR count). The first-order valence-electron chi connectivity index (χ1n) is 7.14. The molecule has 1 aromatic heterocycles. The summed E-state index contributed by atoms with van der Waals surface area (Å²) in [6, 6.07) is 3.95. The topological polar surface area (TPSA) is 60.5 Å². The van der Waals surface area contributed by atoms with Crippen molar-refractivity contribution in [2.24, 2.45) is 0 Å². The Bertz CT molecular complexity index is 454. The van der Waals surface area contributed by atoms with Crippen LogP contribution >= 0.6 is 0 Å². The third-order valence-corrected chi connectivity index (χ3v) is 3.67. The lowest BCUT2D eigenvalue weighted by Gasteiger charge is -2.17. The van der Waals surface area contributed by atoms with Gasteiger partial charge in [0.05, 0.1) is 14.2 Å². The first-order chi connectivity index (χ1) is 9.74. The number of aromatic nitrogens is 1. The van der Waals surface area contributed by atoms with Crippen LogP contribution in [0.25, 0.3) is 0 Å². The molecular weight excluding hydrogens is 256 g/mol. The van der Waals surface area contributed by atoms with Crippen molar-refractivity contribution in [1.82, 2.24) is 4.98 Å². The number of hydrogen-bond acceptors (Lipinski definition) is 5. The van der Waals surface area contributed by atoms with E-state index < -0.39 is 5.97 Å². The number of ether oxygens (including phenoxy) is 2. The Balaban J connectivity index is 2.10. The van der Waals surface area contributed by atoms with Gasteiger partial charge in [0.2, 0.25) is 5.88 Å². The molecule has 1 N–H and O–H groups in total. The zero-order valence-corrected chi connectivity index (χ0v) is 12.1. The summed E-state index contributed by atoms with van der Waals surface area (Å²) in [5.74, 6) is 0.618. The molecule has 0 atom stereocenters. The van der Waals surface area contributed by atoms with Gasteiger partial charge < -0.3 is 14.8 Å². The van der Waals surface area contributed by atoms with Gasteiger partial charge in [0.1, 0.15) is 11.4 Å². The van der Waals surface area contributed by atoms with Crippen molar-refractivity contribution in [3.05, 3.63) is 17.7 Å². The predicted molar refractivity (Wildman–Crippen MR) is 77.2 cm³/mol. The van der Waals surface area contributed by atoms with E-state index in [4.69, 9.17) is 9.47 Å². The molecule has 5 heteroatoms. The van der Waals surface area contributed by atoms with Crippen LogP contribution < -0.4 is 10.1 Å². The van der Waals surface area contributed by atoms with Gasteiger partial charge in [0.15, 0.2) is 0 Å². The van der Waals surface area contributed by atoms with Gasteiger partial charge in [-0.2, -0.15) is 4.98 Å². The van der Waals surface area contributed by atoms with E-state index in [0.717, 1.165) is 5.82 Å². The van der Waals surface area contributed by atoms with E-state index in [1.165, 1.54) is 52.7 Å². The van der Waals surface area contributed by atoms with Crippen LogP contribution in [0.15, 0.2) is 12.1 Å². The van der Waals surface area contributed by atoms with Crippen LogP contribution in [0.3, 0.4) is 0 Å². The van der Waals surface area contributed by atoms with Gasteiger partial charge in [-0.3, -0.25) is 0 Å². The van der Waals surface area contributed by atoms with E-state index in [9.17, 15) is 4.79 Å². The molecular formula is C15H22N2O3. The number of nitrogens with one attached hydrogen (secondary N) is 1. The number of esters is 1. The third-order valence-electron chi connectivity index (χ3n) is 3.67. The lowest BCUT2D eigenvalue weighted by Crippen LogP contribution is -2.19. The Kier molecular flexibility index (Phi) is 5.21. The molecule has 0 saturated heterocycles. The second kappa shape index (κ2) is 7.12. The molecule has 1 fully saturated rings. The lowest BCUT2D eigenvalue weighted by molar-refractivity contribution is 0.0596. The second-order valence-electron chi connectivity index (χ2n) is 5.08. The van der Waals surface area contributed by atoms with Crippen LogP contribution in [0, 0.1) is 0 Å². The maximum absolute atomic E-state index is 11.6. The maximum atomic E-state index is 11.6. The first kappa shape index (κ1) is 14.6. The van der Waals surface area contributed by atoms with Gasteiger partial charge in [0.25, 0.3) is 0 Å². The van der Waals surface area contributed by atoms with E-state index in [2.05, 4.69) is 10.3 Å². The molecule has 1 aliphatic carbocycles. The minimum atomic E-state index is -0.435. The predicted octanol–water partition coefficient (Wildman–Crippen LogP) is 3.01. The minimum Gasteiger partial charge on any atom is -0.480 e. The fourth-order valence-electron chi connectivity index (χ4n) is 2.57. The van der Waals surface area contributed by atoms with E-state index in [-0.39, 0.29) is 0 Å². The highest BCUT2D eigenvalue weighted by atomic mass is 16.5. The number of nitrogens with zero attached hydrogens (tertiary/aromatic N) is 1. The Morgan fingerprint density at radius 3 is 2.50 bits per heavy atom. The van der Waals surface area contributed by atoms with Crippen molar-refractivity contribution < 1.29 is 14.3 Å². The largest absolute Gasteiger partial charge is 0.480 e. The smallest absolute Gasteiger partial charge is 0.343 e. The van der Waals surface area contributed by atoms with Crippen LogP contribution in [0.5, 0.6) is 5.88 Å². The number of methoxy groups -OCH3 is 2. The summed E-state index contributed by atoms with van der Waals surface area (Å²) >= 11 is 0. The average Bonchev–Trinajstić information content (AvgIpc) is 2.75. The van der Waals surface area contributed by atoms with Crippen molar-refractivity contribution >= 4 is 11.8 Å². The molecule has 0 amide bonds. The summed E-state index contributed by atoms with van der Waals surface area (Å²) < 4.78 is 9.88. The van der Waals surface area contributed by atoms with E-state index in [1.807, 2.05) is 0 Å². The quantitative estimate of drug-likeness (QED) is 0.677. The fourth-order valence-corrected chi connectivity index (χ4v) is 2.57. The van der Waals surface area contributed by atoms with Crippen LogP contribution in [0.1, 0.15) is 48.9 Å². The molecule has 0 aliphatic heterocycles. The number of anilines is 1. The second-order valence-corrected chi connectivity index (χ2v) is 5.08. The minimum absolute atomic E-state index is 0.301. The Hall–Kier alpha value is -1.78. The molecule has 1 saturated carbocycles. The molecule has 5 nitrogen and oxygen atoms in total. The van der Waals surface area contributed by atoms with E-state index in [1.54, 1.807) is 12.1 Å². The monoisotopic (exact) mass is 278 g/mol. The Morgan fingerprint density at radius 1 is 1.20 bits per heavy atom. The van der Waals surface area contributed by atoms with Crippen molar-refractivity contribution in [3.63, 3.8) is 0 Å². The zero-order chi connectivity index (χ0) is 14.4.